The van der Waals surface area contributed by atoms with Gasteiger partial charge in [0.15, 0.2) is 5.82 Å². The second kappa shape index (κ2) is 6.73. The van der Waals surface area contributed by atoms with Gasteiger partial charge in [-0.2, -0.15) is 5.10 Å². The Labute approximate surface area is 160 Å². The summed E-state index contributed by atoms with van der Waals surface area (Å²) in [6.45, 7) is 0. The second-order valence-corrected chi connectivity index (χ2v) is 6.75. The van der Waals surface area contributed by atoms with Crippen LogP contribution in [0.1, 0.15) is 29.4 Å². The largest absolute Gasteiger partial charge is 0.321 e. The lowest BCUT2D eigenvalue weighted by molar-refractivity contribution is 0.102. The monoisotopic (exact) mass is 371 g/mol. The van der Waals surface area contributed by atoms with Crippen LogP contribution in [0, 0.1) is 0 Å². The van der Waals surface area contributed by atoms with Crippen LogP contribution in [0.25, 0.3) is 22.6 Å². The Balaban J connectivity index is 1.36. The molecule has 8 nitrogen and oxygen atoms in total. The van der Waals surface area contributed by atoms with Crippen molar-refractivity contribution in [3.8, 4) is 22.6 Å². The summed E-state index contributed by atoms with van der Waals surface area (Å²) in [6, 6.07) is 19.3. The summed E-state index contributed by atoms with van der Waals surface area (Å²) in [5, 5.41) is 21.9. The number of hydrogen-bond donors (Lipinski definition) is 2. The number of aromatic nitrogens is 6. The van der Waals surface area contributed by atoms with Crippen LogP contribution in [0.15, 0.2) is 60.7 Å². The zero-order valence-electron chi connectivity index (χ0n) is 14.9. The van der Waals surface area contributed by atoms with Crippen molar-refractivity contribution in [1.29, 1.82) is 0 Å². The number of nitrogens with one attached hydrogen (secondary N) is 2. The molecular formula is C20H17N7O. The first-order valence-corrected chi connectivity index (χ1v) is 9.08. The number of rotatable bonds is 5. The zero-order chi connectivity index (χ0) is 18.9. The molecule has 8 heteroatoms. The van der Waals surface area contributed by atoms with Gasteiger partial charge in [-0.25, -0.2) is 4.68 Å². The fourth-order valence-corrected chi connectivity index (χ4v) is 3.08. The normalized spacial score (nSPS) is 13.4. The van der Waals surface area contributed by atoms with Gasteiger partial charge >= 0.3 is 0 Å². The van der Waals surface area contributed by atoms with Crippen molar-refractivity contribution in [3.63, 3.8) is 0 Å². The van der Waals surface area contributed by atoms with E-state index in [9.17, 15) is 4.79 Å². The lowest BCUT2D eigenvalue weighted by Gasteiger charge is -2.07. The van der Waals surface area contributed by atoms with Crippen LogP contribution >= 0.6 is 0 Å². The summed E-state index contributed by atoms with van der Waals surface area (Å²) in [5.41, 5.74) is 3.61. The van der Waals surface area contributed by atoms with Gasteiger partial charge in [-0.3, -0.25) is 9.89 Å². The predicted octanol–water partition coefficient (Wildman–Crippen LogP) is 3.32. The average molecular weight is 371 g/mol. The van der Waals surface area contributed by atoms with E-state index in [2.05, 4.69) is 31.0 Å². The number of nitrogens with zero attached hydrogens (tertiary/aromatic N) is 5. The standard InChI is InChI=1S/C20H17N7O/c28-20(18-12-17(22-23-18)13-5-2-1-3-6-13)21-15-8-4-7-14(11-15)19-24-25-26-27(19)16-9-10-16/h1-8,11-12,16H,9-10H2,(H,21,28)(H,22,23). The van der Waals surface area contributed by atoms with E-state index in [1.165, 1.54) is 0 Å². The third-order valence-corrected chi connectivity index (χ3v) is 4.66. The molecule has 5 rings (SSSR count). The molecule has 2 heterocycles. The number of H-pyrrole nitrogens is 1. The number of amides is 1. The molecule has 0 saturated heterocycles. The lowest BCUT2D eigenvalue weighted by atomic mass is 10.1. The highest BCUT2D eigenvalue weighted by molar-refractivity contribution is 6.03. The minimum atomic E-state index is -0.256. The third-order valence-electron chi connectivity index (χ3n) is 4.66. The second-order valence-electron chi connectivity index (χ2n) is 6.75. The fourth-order valence-electron chi connectivity index (χ4n) is 3.08. The van der Waals surface area contributed by atoms with E-state index in [-0.39, 0.29) is 5.91 Å². The van der Waals surface area contributed by atoms with Crippen molar-refractivity contribution in [3.05, 3.63) is 66.4 Å². The van der Waals surface area contributed by atoms with Gasteiger partial charge in [0, 0.05) is 16.8 Å². The first kappa shape index (κ1) is 16.4. The molecule has 1 aliphatic carbocycles. The average Bonchev–Trinajstić information content (AvgIpc) is 3.26. The number of carbonyl (C=O) groups excluding carboxylic acids is 1. The molecule has 0 radical (unpaired) electrons. The van der Waals surface area contributed by atoms with Crippen LogP contribution < -0.4 is 5.32 Å². The van der Waals surface area contributed by atoms with Gasteiger partial charge in [0.25, 0.3) is 5.91 Å². The van der Waals surface area contributed by atoms with E-state index in [4.69, 9.17) is 0 Å². The molecule has 1 fully saturated rings. The van der Waals surface area contributed by atoms with Gasteiger partial charge in [-0.15, -0.1) is 5.10 Å². The van der Waals surface area contributed by atoms with Crippen LogP contribution in [0.3, 0.4) is 0 Å². The maximum atomic E-state index is 12.6. The Morgan fingerprint density at radius 1 is 1.04 bits per heavy atom. The molecule has 4 aromatic rings. The van der Waals surface area contributed by atoms with Crippen molar-refractivity contribution >= 4 is 11.6 Å². The Bertz CT molecular complexity index is 1130. The maximum absolute atomic E-state index is 12.6. The lowest BCUT2D eigenvalue weighted by Crippen LogP contribution is -2.12. The van der Waals surface area contributed by atoms with Gasteiger partial charge < -0.3 is 5.32 Å². The summed E-state index contributed by atoms with van der Waals surface area (Å²) >= 11 is 0. The van der Waals surface area contributed by atoms with E-state index < -0.39 is 0 Å². The molecule has 28 heavy (non-hydrogen) atoms. The maximum Gasteiger partial charge on any atom is 0.273 e. The van der Waals surface area contributed by atoms with Crippen molar-refractivity contribution in [2.75, 3.05) is 5.32 Å². The highest BCUT2D eigenvalue weighted by atomic mass is 16.1. The van der Waals surface area contributed by atoms with Crippen molar-refractivity contribution in [2.24, 2.45) is 0 Å². The minimum Gasteiger partial charge on any atom is -0.321 e. The molecule has 0 bridgehead atoms. The van der Waals surface area contributed by atoms with Gasteiger partial charge in [0.2, 0.25) is 0 Å². The summed E-state index contributed by atoms with van der Waals surface area (Å²) < 4.78 is 1.85. The third kappa shape index (κ3) is 3.16. The molecule has 0 aliphatic heterocycles. The minimum absolute atomic E-state index is 0.256. The molecule has 0 atom stereocenters. The van der Waals surface area contributed by atoms with Gasteiger partial charge in [-0.05, 0) is 41.5 Å². The molecule has 1 saturated carbocycles. The predicted molar refractivity (Wildman–Crippen MR) is 104 cm³/mol. The smallest absolute Gasteiger partial charge is 0.273 e. The molecule has 138 valence electrons. The number of anilines is 1. The summed E-state index contributed by atoms with van der Waals surface area (Å²) in [5.74, 6) is 0.458. The fraction of sp³-hybridized carbons (Fsp3) is 0.150. The Kier molecular flexibility index (Phi) is 3.93. The Hall–Kier alpha value is -3.81. The van der Waals surface area contributed by atoms with Gasteiger partial charge in [0.1, 0.15) is 5.69 Å². The van der Waals surface area contributed by atoms with E-state index >= 15 is 0 Å². The van der Waals surface area contributed by atoms with Gasteiger partial charge in [0.05, 0.1) is 11.7 Å². The Morgan fingerprint density at radius 3 is 2.68 bits per heavy atom. The first-order chi connectivity index (χ1) is 13.8. The topological polar surface area (TPSA) is 101 Å². The highest BCUT2D eigenvalue weighted by Crippen LogP contribution is 2.36. The highest BCUT2D eigenvalue weighted by Gasteiger charge is 2.28. The summed E-state index contributed by atoms with van der Waals surface area (Å²) in [6.07, 6.45) is 2.19. The van der Waals surface area contributed by atoms with E-state index in [1.807, 2.05) is 59.3 Å². The van der Waals surface area contributed by atoms with Crippen LogP contribution in [0.4, 0.5) is 5.69 Å². The molecule has 1 amide bonds. The number of tetrazole rings is 1. The molecule has 0 spiro atoms. The van der Waals surface area contributed by atoms with Crippen LogP contribution in [-0.4, -0.2) is 36.3 Å². The van der Waals surface area contributed by atoms with Crippen LogP contribution in [0.2, 0.25) is 0 Å². The van der Waals surface area contributed by atoms with E-state index in [0.29, 0.717) is 23.2 Å². The van der Waals surface area contributed by atoms with Crippen LogP contribution in [-0.2, 0) is 0 Å². The zero-order valence-corrected chi connectivity index (χ0v) is 14.9. The van der Waals surface area contributed by atoms with Crippen LogP contribution in [0.5, 0.6) is 0 Å². The van der Waals surface area contributed by atoms with E-state index in [1.54, 1.807) is 6.07 Å². The molecule has 2 aromatic carbocycles. The molecule has 2 aromatic heterocycles. The first-order valence-electron chi connectivity index (χ1n) is 9.08. The number of benzene rings is 2. The van der Waals surface area contributed by atoms with Crippen molar-refractivity contribution in [2.45, 2.75) is 18.9 Å². The summed E-state index contributed by atoms with van der Waals surface area (Å²) in [7, 11) is 0. The Morgan fingerprint density at radius 2 is 1.86 bits per heavy atom. The molecule has 1 aliphatic rings. The SMILES string of the molecule is O=C(Nc1cccc(-c2nnnn2C2CC2)c1)c1cc(-c2ccccc2)n[nH]1. The number of carbonyl (C=O) groups is 1. The van der Waals surface area contributed by atoms with Crippen molar-refractivity contribution < 1.29 is 4.79 Å². The molecule has 2 N–H and O–H groups in total. The van der Waals surface area contributed by atoms with E-state index in [0.717, 1.165) is 29.7 Å². The van der Waals surface area contributed by atoms with Gasteiger partial charge in [-0.1, -0.05) is 42.5 Å². The summed E-state index contributed by atoms with van der Waals surface area (Å²) in [4.78, 5) is 12.6. The number of hydrogen-bond acceptors (Lipinski definition) is 5. The molecule has 0 unspecified atom stereocenters. The van der Waals surface area contributed by atoms with Crippen molar-refractivity contribution in [1.82, 2.24) is 30.4 Å². The number of aromatic amines is 1. The quantitative estimate of drug-likeness (QED) is 0.560. The molecular weight excluding hydrogens is 354 g/mol.